The fraction of sp³-hybridized carbons (Fsp3) is 0.136. The molecule has 11 heteroatoms. The second kappa shape index (κ2) is 10.8. The highest BCUT2D eigenvalue weighted by Crippen LogP contribution is 2.28. The Morgan fingerprint density at radius 1 is 1.15 bits per heavy atom. The van der Waals surface area contributed by atoms with Crippen LogP contribution in [0.25, 0.3) is 6.08 Å². The molecule has 3 rings (SSSR count). The number of amides is 1. The van der Waals surface area contributed by atoms with Crippen LogP contribution in [0.2, 0.25) is 0 Å². The summed E-state index contributed by atoms with van der Waals surface area (Å²) in [5.41, 5.74) is 1.92. The van der Waals surface area contributed by atoms with Crippen LogP contribution in [-0.2, 0) is 14.8 Å². The second-order valence-electron chi connectivity index (χ2n) is 6.77. The molecule has 33 heavy (non-hydrogen) atoms. The molecule has 1 heterocycles. The van der Waals surface area contributed by atoms with Gasteiger partial charge in [0.05, 0.1) is 28.3 Å². The van der Waals surface area contributed by atoms with E-state index in [1.165, 1.54) is 53.4 Å². The number of ketones is 1. The lowest BCUT2D eigenvalue weighted by Gasteiger charge is -2.05. The molecule has 0 saturated heterocycles. The Balaban J connectivity index is 1.56. The molecule has 0 spiro atoms. The van der Waals surface area contributed by atoms with E-state index in [1.54, 1.807) is 20.1 Å². The summed E-state index contributed by atoms with van der Waals surface area (Å²) in [4.78, 5) is 29.6. The van der Waals surface area contributed by atoms with Crippen molar-refractivity contribution in [2.75, 3.05) is 18.2 Å². The number of anilines is 1. The molecule has 0 unspecified atom stereocenters. The lowest BCUT2D eigenvalue weighted by Crippen LogP contribution is -2.15. The maximum atomic E-state index is 12.6. The Bertz CT molecular complexity index is 1280. The number of thioether (sulfide) groups is 1. The highest BCUT2D eigenvalue weighted by atomic mass is 32.2. The highest BCUT2D eigenvalue weighted by molar-refractivity contribution is 8.01. The number of aryl methyl sites for hydroxylation is 1. The Morgan fingerprint density at radius 2 is 1.82 bits per heavy atom. The molecule has 2 aromatic carbocycles. The molecule has 1 amide bonds. The predicted octanol–water partition coefficient (Wildman–Crippen LogP) is 3.73. The van der Waals surface area contributed by atoms with Crippen molar-refractivity contribution in [3.8, 4) is 5.75 Å². The van der Waals surface area contributed by atoms with Gasteiger partial charge in [-0.25, -0.2) is 18.5 Å². The number of aromatic nitrogens is 1. The summed E-state index contributed by atoms with van der Waals surface area (Å²) in [6.07, 6.45) is 3.22. The van der Waals surface area contributed by atoms with Gasteiger partial charge in [-0.05, 0) is 55.0 Å². The third-order valence-corrected chi connectivity index (χ3v) is 7.58. The van der Waals surface area contributed by atoms with Gasteiger partial charge in [-0.3, -0.25) is 9.59 Å². The van der Waals surface area contributed by atoms with Crippen LogP contribution in [0.3, 0.4) is 0 Å². The van der Waals surface area contributed by atoms with Crippen molar-refractivity contribution in [1.29, 1.82) is 0 Å². The number of hydrogen-bond donors (Lipinski definition) is 2. The van der Waals surface area contributed by atoms with E-state index in [0.717, 1.165) is 11.3 Å². The van der Waals surface area contributed by atoms with Gasteiger partial charge < -0.3 is 10.1 Å². The molecule has 0 aliphatic rings. The van der Waals surface area contributed by atoms with Gasteiger partial charge in [-0.15, -0.1) is 11.3 Å². The number of rotatable bonds is 9. The molecular formula is C22H21N3O5S3. The molecule has 0 aliphatic carbocycles. The van der Waals surface area contributed by atoms with Crippen molar-refractivity contribution >= 4 is 56.6 Å². The van der Waals surface area contributed by atoms with Crippen molar-refractivity contribution in [3.63, 3.8) is 0 Å². The quantitative estimate of drug-likeness (QED) is 0.259. The van der Waals surface area contributed by atoms with E-state index in [2.05, 4.69) is 10.3 Å². The summed E-state index contributed by atoms with van der Waals surface area (Å²) < 4.78 is 28.3. The monoisotopic (exact) mass is 503 g/mol. The van der Waals surface area contributed by atoms with Crippen molar-refractivity contribution in [3.05, 3.63) is 70.7 Å². The lowest BCUT2D eigenvalue weighted by atomic mass is 10.1. The molecule has 0 bridgehead atoms. The number of carbonyl (C=O) groups excluding carboxylic acids is 2. The number of hydrogen-bond acceptors (Lipinski definition) is 8. The Morgan fingerprint density at radius 3 is 2.42 bits per heavy atom. The maximum Gasteiger partial charge on any atom is 0.238 e. The Labute approximate surface area is 199 Å². The smallest absolute Gasteiger partial charge is 0.238 e. The van der Waals surface area contributed by atoms with Crippen molar-refractivity contribution in [1.82, 2.24) is 4.98 Å². The fourth-order valence-electron chi connectivity index (χ4n) is 2.68. The van der Waals surface area contributed by atoms with E-state index in [0.29, 0.717) is 20.6 Å². The Kier molecular flexibility index (Phi) is 8.03. The average Bonchev–Trinajstić information content (AvgIpc) is 3.17. The van der Waals surface area contributed by atoms with E-state index in [4.69, 9.17) is 9.88 Å². The van der Waals surface area contributed by atoms with Gasteiger partial charge in [0.2, 0.25) is 15.9 Å². The first-order valence-electron chi connectivity index (χ1n) is 9.55. The van der Waals surface area contributed by atoms with Crippen LogP contribution in [0, 0.1) is 6.92 Å². The molecule has 0 radical (unpaired) electrons. The van der Waals surface area contributed by atoms with E-state index in [-0.39, 0.29) is 22.3 Å². The number of nitrogens with one attached hydrogen (secondary N) is 1. The second-order valence-corrected chi connectivity index (χ2v) is 10.6. The maximum absolute atomic E-state index is 12.6. The molecule has 172 valence electrons. The number of benzene rings is 2. The third-order valence-electron chi connectivity index (χ3n) is 4.34. The number of nitrogens with two attached hydrogens (primary N) is 1. The number of primary sulfonamides is 1. The third kappa shape index (κ3) is 6.99. The molecule has 0 aliphatic heterocycles. The van der Waals surface area contributed by atoms with E-state index in [1.807, 2.05) is 24.3 Å². The Hall–Kier alpha value is -2.99. The predicted molar refractivity (Wildman–Crippen MR) is 130 cm³/mol. The molecule has 0 saturated carbocycles. The van der Waals surface area contributed by atoms with Crippen LogP contribution < -0.4 is 15.2 Å². The van der Waals surface area contributed by atoms with E-state index in [9.17, 15) is 18.0 Å². The van der Waals surface area contributed by atoms with Crippen molar-refractivity contribution in [2.45, 2.75) is 16.2 Å². The topological polar surface area (TPSA) is 128 Å². The number of ether oxygens (including phenoxy) is 1. The van der Waals surface area contributed by atoms with Crippen LogP contribution in [0.5, 0.6) is 5.75 Å². The highest BCUT2D eigenvalue weighted by Gasteiger charge is 2.15. The van der Waals surface area contributed by atoms with Gasteiger partial charge in [0.25, 0.3) is 0 Å². The van der Waals surface area contributed by atoms with Gasteiger partial charge in [0, 0.05) is 5.69 Å². The summed E-state index contributed by atoms with van der Waals surface area (Å²) in [5.74, 6) is 0.373. The largest absolute Gasteiger partial charge is 0.497 e. The van der Waals surface area contributed by atoms with Crippen molar-refractivity contribution in [2.24, 2.45) is 5.14 Å². The number of sulfonamides is 1. The number of nitrogens with zero attached hydrogens (tertiary/aromatic N) is 1. The molecule has 3 aromatic rings. The average molecular weight is 504 g/mol. The van der Waals surface area contributed by atoms with Gasteiger partial charge in [-0.1, -0.05) is 30.0 Å². The summed E-state index contributed by atoms with van der Waals surface area (Å²) in [5, 5.41) is 7.73. The molecule has 0 fully saturated rings. The van der Waals surface area contributed by atoms with Gasteiger partial charge in [0.1, 0.15) is 5.75 Å². The zero-order chi connectivity index (χ0) is 24.0. The number of carbonyl (C=O) groups is 2. The zero-order valence-electron chi connectivity index (χ0n) is 17.8. The van der Waals surface area contributed by atoms with Crippen LogP contribution in [0.4, 0.5) is 5.69 Å². The van der Waals surface area contributed by atoms with Gasteiger partial charge in [0.15, 0.2) is 10.1 Å². The standard InChI is InChI=1S/C22H21N3O5S3/c1-14-21(19(26)12-5-15-3-8-17(30-2)9-4-15)32-22(24-14)31-13-20(27)25-16-6-10-18(11-7-16)33(23,28)29/h3-12H,13H2,1-2H3,(H,25,27)(H2,23,28,29)/b12-5+. The summed E-state index contributed by atoms with van der Waals surface area (Å²) >= 11 is 2.45. The number of thiazole rings is 1. The molecule has 0 atom stereocenters. The van der Waals surface area contributed by atoms with Crippen molar-refractivity contribution < 1.29 is 22.7 Å². The van der Waals surface area contributed by atoms with Crippen LogP contribution in [-0.4, -0.2) is 38.0 Å². The van der Waals surface area contributed by atoms with Gasteiger partial charge >= 0.3 is 0 Å². The SMILES string of the molecule is COc1ccc(/C=C/C(=O)c2sc(SCC(=O)Nc3ccc(S(N)(=O)=O)cc3)nc2C)cc1. The summed E-state index contributed by atoms with van der Waals surface area (Å²) in [6.45, 7) is 1.75. The first-order valence-corrected chi connectivity index (χ1v) is 12.9. The minimum Gasteiger partial charge on any atom is -0.497 e. The minimum atomic E-state index is -3.79. The van der Waals surface area contributed by atoms with Crippen LogP contribution in [0.15, 0.2) is 63.8 Å². The minimum absolute atomic E-state index is 0.0358. The first kappa shape index (κ1) is 24.6. The number of methoxy groups -OCH3 is 1. The van der Waals surface area contributed by atoms with Crippen LogP contribution >= 0.6 is 23.1 Å². The first-order chi connectivity index (χ1) is 15.7. The fourth-order valence-corrected chi connectivity index (χ4v) is 5.10. The summed E-state index contributed by atoms with van der Waals surface area (Å²) in [7, 11) is -2.20. The lowest BCUT2D eigenvalue weighted by molar-refractivity contribution is -0.113. The summed E-state index contributed by atoms with van der Waals surface area (Å²) in [6, 6.07) is 12.9. The normalized spacial score (nSPS) is 11.5. The zero-order valence-corrected chi connectivity index (χ0v) is 20.2. The molecular weight excluding hydrogens is 482 g/mol. The van der Waals surface area contributed by atoms with Crippen LogP contribution in [0.1, 0.15) is 20.9 Å². The molecule has 3 N–H and O–H groups in total. The molecule has 1 aromatic heterocycles. The van der Waals surface area contributed by atoms with E-state index >= 15 is 0 Å². The number of allylic oxidation sites excluding steroid dienone is 1. The molecule has 8 nitrogen and oxygen atoms in total. The van der Waals surface area contributed by atoms with Gasteiger partial charge in [-0.2, -0.15) is 0 Å². The van der Waals surface area contributed by atoms with E-state index < -0.39 is 10.0 Å².